The first-order valence-electron chi connectivity index (χ1n) is 5.40. The van der Waals surface area contributed by atoms with Crippen LogP contribution in [0.2, 0.25) is 0 Å². The summed E-state index contributed by atoms with van der Waals surface area (Å²) < 4.78 is 0. The summed E-state index contributed by atoms with van der Waals surface area (Å²) in [5.74, 6) is 0. The van der Waals surface area contributed by atoms with E-state index in [1.54, 1.807) is 11.3 Å². The molecule has 1 nitrogen and oxygen atoms in total. The Morgan fingerprint density at radius 2 is 1.82 bits per heavy atom. The Morgan fingerprint density at radius 3 is 2.53 bits per heavy atom. The molecule has 0 atom stereocenters. The van der Waals surface area contributed by atoms with Crippen molar-refractivity contribution in [2.24, 2.45) is 0 Å². The van der Waals surface area contributed by atoms with Gasteiger partial charge in [-0.1, -0.05) is 30.3 Å². The standard InChI is InChI=1S/C15H10OS/c16-10-12-8-11(9-13-4-3-7-17-13)14-5-1-2-6-15(12)14/h1-10H/b11-9+. The average Bonchev–Trinajstić information content (AvgIpc) is 2.98. The third kappa shape index (κ3) is 1.77. The van der Waals surface area contributed by atoms with Gasteiger partial charge in [-0.3, -0.25) is 4.79 Å². The predicted octanol–water partition coefficient (Wildman–Crippen LogP) is 3.88. The highest BCUT2D eigenvalue weighted by molar-refractivity contribution is 7.10. The molecule has 3 rings (SSSR count). The molecule has 2 heteroatoms. The highest BCUT2D eigenvalue weighted by Crippen LogP contribution is 2.35. The van der Waals surface area contributed by atoms with Gasteiger partial charge in [0.2, 0.25) is 0 Å². The molecule has 0 radical (unpaired) electrons. The second-order valence-electron chi connectivity index (χ2n) is 3.88. The largest absolute Gasteiger partial charge is 0.298 e. The summed E-state index contributed by atoms with van der Waals surface area (Å²) in [6.45, 7) is 0. The molecule has 0 spiro atoms. The first-order chi connectivity index (χ1) is 8.38. The van der Waals surface area contributed by atoms with Gasteiger partial charge in [-0.05, 0) is 40.3 Å². The van der Waals surface area contributed by atoms with Crippen LogP contribution in [-0.4, -0.2) is 6.29 Å². The number of hydrogen-bond acceptors (Lipinski definition) is 2. The van der Waals surface area contributed by atoms with E-state index in [9.17, 15) is 4.79 Å². The summed E-state index contributed by atoms with van der Waals surface area (Å²) in [6.07, 6.45) is 5.01. The zero-order chi connectivity index (χ0) is 11.7. The van der Waals surface area contributed by atoms with Crippen molar-refractivity contribution in [3.8, 4) is 0 Å². The van der Waals surface area contributed by atoms with E-state index in [0.717, 1.165) is 28.6 Å². The Kier molecular flexibility index (Phi) is 2.50. The number of carbonyl (C=O) groups is 1. The van der Waals surface area contributed by atoms with Gasteiger partial charge < -0.3 is 0 Å². The van der Waals surface area contributed by atoms with Crippen LogP contribution in [0.1, 0.15) is 16.0 Å². The summed E-state index contributed by atoms with van der Waals surface area (Å²) in [7, 11) is 0. The lowest BCUT2D eigenvalue weighted by atomic mass is 10.0. The number of rotatable bonds is 2. The van der Waals surface area contributed by atoms with Gasteiger partial charge in [0, 0.05) is 10.5 Å². The van der Waals surface area contributed by atoms with Gasteiger partial charge in [-0.25, -0.2) is 0 Å². The molecule has 1 heterocycles. The number of benzene rings is 1. The summed E-state index contributed by atoms with van der Waals surface area (Å²) in [4.78, 5) is 12.2. The van der Waals surface area contributed by atoms with E-state index in [2.05, 4.69) is 23.6 Å². The van der Waals surface area contributed by atoms with Crippen molar-refractivity contribution in [2.45, 2.75) is 0 Å². The minimum absolute atomic E-state index is 0.767. The van der Waals surface area contributed by atoms with Crippen LogP contribution in [0.4, 0.5) is 0 Å². The van der Waals surface area contributed by atoms with Crippen LogP contribution in [0.5, 0.6) is 0 Å². The summed E-state index contributed by atoms with van der Waals surface area (Å²) in [6, 6.07) is 12.1. The fraction of sp³-hybridized carbons (Fsp3) is 0. The van der Waals surface area contributed by atoms with E-state index in [0.29, 0.717) is 0 Å². The Bertz CT molecular complexity index is 618. The molecular weight excluding hydrogens is 228 g/mol. The highest BCUT2D eigenvalue weighted by Gasteiger charge is 2.16. The van der Waals surface area contributed by atoms with Crippen molar-refractivity contribution in [1.29, 1.82) is 0 Å². The number of allylic oxidation sites excluding steroid dienone is 3. The zero-order valence-electron chi connectivity index (χ0n) is 9.09. The van der Waals surface area contributed by atoms with E-state index < -0.39 is 0 Å². The molecule has 0 aliphatic heterocycles. The molecule has 1 aromatic carbocycles. The van der Waals surface area contributed by atoms with E-state index in [4.69, 9.17) is 0 Å². The monoisotopic (exact) mass is 238 g/mol. The van der Waals surface area contributed by atoms with Crippen molar-refractivity contribution in [2.75, 3.05) is 0 Å². The van der Waals surface area contributed by atoms with Gasteiger partial charge in [-0.15, -0.1) is 11.3 Å². The first-order valence-corrected chi connectivity index (χ1v) is 6.28. The van der Waals surface area contributed by atoms with Gasteiger partial charge in [0.25, 0.3) is 0 Å². The minimum Gasteiger partial charge on any atom is -0.298 e. The van der Waals surface area contributed by atoms with Crippen LogP contribution in [-0.2, 0) is 4.79 Å². The number of fused-ring (bicyclic) bond motifs is 1. The second kappa shape index (κ2) is 4.15. The summed E-state index contributed by atoms with van der Waals surface area (Å²) in [5, 5.41) is 2.05. The van der Waals surface area contributed by atoms with Gasteiger partial charge in [0.15, 0.2) is 6.29 Å². The highest BCUT2D eigenvalue weighted by atomic mass is 32.1. The molecule has 0 bridgehead atoms. The lowest BCUT2D eigenvalue weighted by molar-refractivity contribution is -0.103. The third-order valence-electron chi connectivity index (χ3n) is 2.83. The second-order valence-corrected chi connectivity index (χ2v) is 4.86. The van der Waals surface area contributed by atoms with Crippen molar-refractivity contribution in [3.05, 3.63) is 63.9 Å². The quantitative estimate of drug-likeness (QED) is 0.725. The Hall–Kier alpha value is -1.93. The van der Waals surface area contributed by atoms with Gasteiger partial charge in [0.1, 0.15) is 0 Å². The normalized spacial score (nSPS) is 15.8. The number of aldehydes is 1. The lowest BCUT2D eigenvalue weighted by Crippen LogP contribution is -1.83. The molecule has 0 saturated carbocycles. The maximum Gasteiger partial charge on any atom is 0.150 e. The summed E-state index contributed by atoms with van der Waals surface area (Å²) in [5.41, 5.74) is 4.06. The maximum atomic E-state index is 11.0. The molecule has 0 amide bonds. The molecule has 0 saturated heterocycles. The fourth-order valence-corrected chi connectivity index (χ4v) is 2.72. The third-order valence-corrected chi connectivity index (χ3v) is 3.65. The first kappa shape index (κ1) is 10.2. The molecule has 0 fully saturated rings. The van der Waals surface area contributed by atoms with Crippen molar-refractivity contribution < 1.29 is 4.79 Å². The van der Waals surface area contributed by atoms with Crippen molar-refractivity contribution in [3.63, 3.8) is 0 Å². The van der Waals surface area contributed by atoms with E-state index in [-0.39, 0.29) is 0 Å². The van der Waals surface area contributed by atoms with E-state index >= 15 is 0 Å². The molecule has 0 unspecified atom stereocenters. The Balaban J connectivity index is 2.15. The molecule has 1 aromatic heterocycles. The van der Waals surface area contributed by atoms with Crippen LogP contribution in [0.3, 0.4) is 0 Å². The van der Waals surface area contributed by atoms with E-state index in [1.807, 2.05) is 30.3 Å². The minimum atomic E-state index is 0.767. The Labute approximate surface area is 104 Å². The van der Waals surface area contributed by atoms with Crippen LogP contribution >= 0.6 is 11.3 Å². The fourth-order valence-electron chi connectivity index (χ4n) is 2.05. The van der Waals surface area contributed by atoms with Crippen LogP contribution in [0.25, 0.3) is 17.2 Å². The molecule has 0 N–H and O–H groups in total. The van der Waals surface area contributed by atoms with E-state index in [1.165, 1.54) is 4.88 Å². The van der Waals surface area contributed by atoms with Crippen molar-refractivity contribution >= 4 is 34.8 Å². The molecule has 17 heavy (non-hydrogen) atoms. The number of hydrogen-bond donors (Lipinski definition) is 0. The van der Waals surface area contributed by atoms with Crippen molar-refractivity contribution in [1.82, 2.24) is 0 Å². The van der Waals surface area contributed by atoms with Gasteiger partial charge in [-0.2, -0.15) is 0 Å². The van der Waals surface area contributed by atoms with Crippen LogP contribution in [0, 0.1) is 0 Å². The summed E-state index contributed by atoms with van der Waals surface area (Å²) >= 11 is 1.70. The van der Waals surface area contributed by atoms with Crippen LogP contribution < -0.4 is 0 Å². The van der Waals surface area contributed by atoms with Gasteiger partial charge in [0.05, 0.1) is 0 Å². The van der Waals surface area contributed by atoms with Crippen LogP contribution in [0.15, 0.2) is 47.9 Å². The average molecular weight is 238 g/mol. The Morgan fingerprint density at radius 1 is 1.00 bits per heavy atom. The number of carbonyl (C=O) groups excluding carboxylic acids is 1. The molecular formula is C15H10OS. The van der Waals surface area contributed by atoms with Gasteiger partial charge >= 0.3 is 0 Å². The SMILES string of the molecule is O=CC1=C/C(=C\c2cccs2)c2ccccc21. The molecule has 1 aliphatic rings. The lowest BCUT2D eigenvalue weighted by Gasteiger charge is -2.00. The zero-order valence-corrected chi connectivity index (χ0v) is 9.91. The number of thiophene rings is 1. The smallest absolute Gasteiger partial charge is 0.150 e. The molecule has 82 valence electrons. The molecule has 1 aliphatic carbocycles. The maximum absolute atomic E-state index is 11.0. The topological polar surface area (TPSA) is 17.1 Å². The molecule has 2 aromatic rings. The predicted molar refractivity (Wildman–Crippen MR) is 72.7 cm³/mol.